The first-order chi connectivity index (χ1) is 12.6. The molecule has 0 bridgehead atoms. The van der Waals surface area contributed by atoms with Crippen LogP contribution in [-0.4, -0.2) is 50.7 Å². The Morgan fingerprint density at radius 2 is 2.12 bits per heavy atom. The van der Waals surface area contributed by atoms with E-state index in [0.717, 1.165) is 18.4 Å². The summed E-state index contributed by atoms with van der Waals surface area (Å²) in [5, 5.41) is 7.49. The van der Waals surface area contributed by atoms with Gasteiger partial charge in [-0.3, -0.25) is 14.7 Å². The molecule has 136 valence electrons. The first kappa shape index (κ1) is 18.2. The topological polar surface area (TPSA) is 105 Å². The molecule has 1 aromatic heterocycles. The van der Waals surface area contributed by atoms with Gasteiger partial charge in [0.05, 0.1) is 11.7 Å². The molecule has 8 heteroatoms. The Morgan fingerprint density at radius 3 is 2.88 bits per heavy atom. The number of carbonyl (C=O) groups is 2. The minimum Gasteiger partial charge on any atom is -0.369 e. The Kier molecular flexibility index (Phi) is 6.06. The van der Waals surface area contributed by atoms with Gasteiger partial charge in [-0.05, 0) is 24.5 Å². The first-order valence-electron chi connectivity index (χ1n) is 8.47. The van der Waals surface area contributed by atoms with Crippen molar-refractivity contribution < 1.29 is 9.59 Å². The predicted molar refractivity (Wildman–Crippen MR) is 101 cm³/mol. The summed E-state index contributed by atoms with van der Waals surface area (Å²) >= 11 is 1.28. The van der Waals surface area contributed by atoms with Crippen LogP contribution in [0.15, 0.2) is 35.5 Å². The number of nitrogens with two attached hydrogens (primary N) is 1. The minimum atomic E-state index is -0.334. The van der Waals surface area contributed by atoms with Crippen molar-refractivity contribution in [1.82, 2.24) is 20.1 Å². The van der Waals surface area contributed by atoms with Gasteiger partial charge in [-0.1, -0.05) is 48.2 Å². The summed E-state index contributed by atoms with van der Waals surface area (Å²) in [5.74, 6) is 0.281. The average Bonchev–Trinajstić information content (AvgIpc) is 3.13. The lowest BCUT2D eigenvalue weighted by Crippen LogP contribution is -2.44. The van der Waals surface area contributed by atoms with Crippen LogP contribution in [0.4, 0.5) is 0 Å². The molecule has 0 radical (unpaired) electrons. The standard InChI is InChI=1S/C18H21N5O2S/c19-17(25)14-7-4-10-23(11-14)16(24)12-26-18-20-15(21-22-18)9-8-13-5-2-1-3-6-13/h1-3,5-6,8-9,14H,4,7,10-12H2,(H2,19,25)(H,20,21,22)/b9-8+. The Labute approximate surface area is 156 Å². The quantitative estimate of drug-likeness (QED) is 0.753. The highest BCUT2D eigenvalue weighted by Crippen LogP contribution is 2.19. The normalized spacial score (nSPS) is 17.5. The molecule has 2 amide bonds. The van der Waals surface area contributed by atoms with E-state index in [2.05, 4.69) is 15.2 Å². The van der Waals surface area contributed by atoms with Crippen LogP contribution >= 0.6 is 11.8 Å². The number of H-pyrrole nitrogens is 1. The Bertz CT molecular complexity index is 790. The summed E-state index contributed by atoms with van der Waals surface area (Å²) < 4.78 is 0. The highest BCUT2D eigenvalue weighted by atomic mass is 32.2. The summed E-state index contributed by atoms with van der Waals surface area (Å²) in [6.45, 7) is 1.08. The third-order valence-electron chi connectivity index (χ3n) is 4.22. The number of aromatic amines is 1. The molecule has 1 unspecified atom stereocenters. The SMILES string of the molecule is NC(=O)C1CCCN(C(=O)CSc2n[nH]c(/C=C/c3ccccc3)n2)C1. The van der Waals surface area contributed by atoms with Crippen LogP contribution < -0.4 is 5.73 Å². The van der Waals surface area contributed by atoms with Gasteiger partial charge in [0.1, 0.15) is 5.82 Å². The maximum Gasteiger partial charge on any atom is 0.233 e. The molecule has 2 aromatic rings. The highest BCUT2D eigenvalue weighted by Gasteiger charge is 2.26. The van der Waals surface area contributed by atoms with Crippen molar-refractivity contribution in [2.24, 2.45) is 11.7 Å². The summed E-state index contributed by atoms with van der Waals surface area (Å²) in [5.41, 5.74) is 6.43. The number of carbonyl (C=O) groups excluding carboxylic acids is 2. The fourth-order valence-electron chi connectivity index (χ4n) is 2.79. The molecule has 2 heterocycles. The second-order valence-electron chi connectivity index (χ2n) is 6.12. The van der Waals surface area contributed by atoms with Crippen LogP contribution in [-0.2, 0) is 9.59 Å². The summed E-state index contributed by atoms with van der Waals surface area (Å²) in [7, 11) is 0. The van der Waals surface area contributed by atoms with Crippen molar-refractivity contribution >= 4 is 35.7 Å². The smallest absolute Gasteiger partial charge is 0.233 e. The van der Waals surface area contributed by atoms with Crippen LogP contribution in [0.2, 0.25) is 0 Å². The number of likely N-dealkylation sites (tertiary alicyclic amines) is 1. The molecule has 26 heavy (non-hydrogen) atoms. The van der Waals surface area contributed by atoms with E-state index in [0.29, 0.717) is 24.1 Å². The molecule has 1 aliphatic rings. The maximum absolute atomic E-state index is 12.3. The van der Waals surface area contributed by atoms with E-state index in [1.807, 2.05) is 42.5 Å². The predicted octanol–water partition coefficient (Wildman–Crippen LogP) is 1.79. The molecule has 3 N–H and O–H groups in total. The van der Waals surface area contributed by atoms with Crippen LogP contribution in [0.1, 0.15) is 24.2 Å². The third-order valence-corrected chi connectivity index (χ3v) is 5.05. The molecular weight excluding hydrogens is 350 g/mol. The van der Waals surface area contributed by atoms with E-state index in [1.165, 1.54) is 11.8 Å². The van der Waals surface area contributed by atoms with Crippen molar-refractivity contribution in [2.75, 3.05) is 18.8 Å². The number of benzene rings is 1. The van der Waals surface area contributed by atoms with Gasteiger partial charge < -0.3 is 10.6 Å². The maximum atomic E-state index is 12.3. The number of primary amides is 1. The van der Waals surface area contributed by atoms with E-state index in [9.17, 15) is 9.59 Å². The number of amides is 2. The Balaban J connectivity index is 1.51. The van der Waals surface area contributed by atoms with Gasteiger partial charge in [0, 0.05) is 13.1 Å². The first-order valence-corrected chi connectivity index (χ1v) is 9.46. The van der Waals surface area contributed by atoms with E-state index in [4.69, 9.17) is 5.73 Å². The molecular formula is C18H21N5O2S. The zero-order valence-electron chi connectivity index (χ0n) is 14.3. The average molecular weight is 371 g/mol. The lowest BCUT2D eigenvalue weighted by Gasteiger charge is -2.31. The largest absolute Gasteiger partial charge is 0.369 e. The minimum absolute atomic E-state index is 0.0212. The number of aromatic nitrogens is 3. The number of thioether (sulfide) groups is 1. The number of rotatable bonds is 6. The monoisotopic (exact) mass is 371 g/mol. The zero-order chi connectivity index (χ0) is 18.4. The van der Waals surface area contributed by atoms with Gasteiger partial charge >= 0.3 is 0 Å². The lowest BCUT2D eigenvalue weighted by atomic mass is 9.97. The lowest BCUT2D eigenvalue weighted by molar-refractivity contribution is -0.132. The van der Waals surface area contributed by atoms with Gasteiger partial charge in [-0.2, -0.15) is 0 Å². The van der Waals surface area contributed by atoms with Gasteiger partial charge in [0.25, 0.3) is 0 Å². The number of piperidine rings is 1. The molecule has 3 rings (SSSR count). The van der Waals surface area contributed by atoms with E-state index in [-0.39, 0.29) is 23.5 Å². The summed E-state index contributed by atoms with van der Waals surface area (Å²) in [6.07, 6.45) is 5.34. The van der Waals surface area contributed by atoms with E-state index >= 15 is 0 Å². The highest BCUT2D eigenvalue weighted by molar-refractivity contribution is 7.99. The summed E-state index contributed by atoms with van der Waals surface area (Å²) in [4.78, 5) is 29.7. The molecule has 1 saturated heterocycles. The fraction of sp³-hybridized carbons (Fsp3) is 0.333. The molecule has 1 aromatic carbocycles. The number of hydrogen-bond acceptors (Lipinski definition) is 5. The number of nitrogens with zero attached hydrogens (tertiary/aromatic N) is 3. The second-order valence-corrected chi connectivity index (χ2v) is 7.06. The zero-order valence-corrected chi connectivity index (χ0v) is 15.1. The van der Waals surface area contributed by atoms with Gasteiger partial charge in [0.2, 0.25) is 17.0 Å². The molecule has 0 spiro atoms. The molecule has 1 fully saturated rings. The van der Waals surface area contributed by atoms with Gasteiger partial charge in [-0.15, -0.1) is 5.10 Å². The van der Waals surface area contributed by atoms with Gasteiger partial charge in [-0.25, -0.2) is 4.98 Å². The van der Waals surface area contributed by atoms with Crippen LogP contribution in [0.25, 0.3) is 12.2 Å². The van der Waals surface area contributed by atoms with E-state index < -0.39 is 0 Å². The van der Waals surface area contributed by atoms with Crippen molar-refractivity contribution in [3.63, 3.8) is 0 Å². The van der Waals surface area contributed by atoms with Crippen molar-refractivity contribution in [3.05, 3.63) is 41.7 Å². The van der Waals surface area contributed by atoms with Crippen molar-refractivity contribution in [2.45, 2.75) is 18.0 Å². The molecule has 1 aliphatic heterocycles. The number of nitrogens with one attached hydrogen (secondary N) is 1. The van der Waals surface area contributed by atoms with Crippen molar-refractivity contribution in [3.8, 4) is 0 Å². The van der Waals surface area contributed by atoms with Gasteiger partial charge in [0.15, 0.2) is 0 Å². The molecule has 7 nitrogen and oxygen atoms in total. The molecule has 1 atom stereocenters. The van der Waals surface area contributed by atoms with Crippen LogP contribution in [0.5, 0.6) is 0 Å². The third kappa shape index (κ3) is 4.95. The Hall–Kier alpha value is -2.61. The van der Waals surface area contributed by atoms with Crippen LogP contribution in [0, 0.1) is 5.92 Å². The fourth-order valence-corrected chi connectivity index (χ4v) is 3.50. The van der Waals surface area contributed by atoms with E-state index in [1.54, 1.807) is 4.90 Å². The molecule has 0 saturated carbocycles. The summed E-state index contributed by atoms with van der Waals surface area (Å²) in [6, 6.07) is 9.90. The van der Waals surface area contributed by atoms with Crippen molar-refractivity contribution in [1.29, 1.82) is 0 Å². The second kappa shape index (κ2) is 8.66. The molecule has 0 aliphatic carbocycles. The Morgan fingerprint density at radius 1 is 1.31 bits per heavy atom. The number of hydrogen-bond donors (Lipinski definition) is 2. The van der Waals surface area contributed by atoms with Crippen LogP contribution in [0.3, 0.4) is 0 Å².